The summed E-state index contributed by atoms with van der Waals surface area (Å²) < 4.78 is 0. The van der Waals surface area contributed by atoms with Crippen LogP contribution in [0.15, 0.2) is 182 Å². The molecule has 0 heterocycles. The maximum atomic E-state index is 2.43. The van der Waals surface area contributed by atoms with Crippen LogP contribution in [0.25, 0.3) is 108 Å². The van der Waals surface area contributed by atoms with Crippen molar-refractivity contribution >= 4 is 86.2 Å². The number of benzene rings is 10. The van der Waals surface area contributed by atoms with Gasteiger partial charge in [0.05, 0.1) is 0 Å². The lowest BCUT2D eigenvalue weighted by Gasteiger charge is -2.16. The summed E-state index contributed by atoms with van der Waals surface area (Å²) in [5.41, 5.74) is 4.98. The molecule has 50 heavy (non-hydrogen) atoms. The lowest BCUT2D eigenvalue weighted by atomic mass is 9.87. The lowest BCUT2D eigenvalue weighted by molar-refractivity contribution is 1.64. The quantitative estimate of drug-likeness (QED) is 0.132. The van der Waals surface area contributed by atoms with Gasteiger partial charge < -0.3 is 0 Å². The Kier molecular flexibility index (Phi) is 5.76. The summed E-state index contributed by atoms with van der Waals surface area (Å²) in [4.78, 5) is 0. The van der Waals surface area contributed by atoms with Gasteiger partial charge in [0, 0.05) is 0 Å². The van der Waals surface area contributed by atoms with E-state index in [1.165, 1.54) is 108 Å². The van der Waals surface area contributed by atoms with Crippen molar-refractivity contribution in [1.82, 2.24) is 0 Å². The largest absolute Gasteiger partial charge is 0.0616 e. The molecule has 0 atom stereocenters. The molecule has 0 nitrogen and oxygen atoms in total. The Balaban J connectivity index is 1.18. The highest BCUT2D eigenvalue weighted by atomic mass is 14.2. The summed E-state index contributed by atoms with van der Waals surface area (Å²) in [6.07, 6.45) is 0. The monoisotopic (exact) mass is 630 g/mol. The minimum absolute atomic E-state index is 1.22. The van der Waals surface area contributed by atoms with Gasteiger partial charge in [-0.15, -0.1) is 0 Å². The van der Waals surface area contributed by atoms with E-state index >= 15 is 0 Å². The van der Waals surface area contributed by atoms with Crippen LogP contribution >= 0.6 is 0 Å². The molecule has 0 N–H and O–H groups in total. The van der Waals surface area contributed by atoms with Crippen molar-refractivity contribution in [2.75, 3.05) is 0 Å². The second-order valence-electron chi connectivity index (χ2n) is 13.6. The van der Waals surface area contributed by atoms with Gasteiger partial charge in [-0.3, -0.25) is 0 Å². The topological polar surface area (TPSA) is 0 Å². The normalized spacial score (nSPS) is 12.0. The average Bonchev–Trinajstić information content (AvgIpc) is 3.18. The van der Waals surface area contributed by atoms with Gasteiger partial charge in [-0.25, -0.2) is 0 Å². The first-order valence-electron chi connectivity index (χ1n) is 17.4. The molecule has 0 aliphatic rings. The van der Waals surface area contributed by atoms with Gasteiger partial charge in [-0.05, 0) is 127 Å². The number of fused-ring (bicyclic) bond motifs is 9. The highest BCUT2D eigenvalue weighted by Gasteiger charge is 2.15. The first-order chi connectivity index (χ1) is 24.8. The molecular formula is C50H30. The molecule has 11 aromatic rings. The van der Waals surface area contributed by atoms with Gasteiger partial charge in [0.15, 0.2) is 0 Å². The molecule has 0 unspecified atom stereocenters. The van der Waals surface area contributed by atoms with Gasteiger partial charge in [-0.2, -0.15) is 0 Å². The standard InChI is InChI=1S/C50H30/c1-3-13-38-32(10-1)26-27-45-46(38)29-35-11-2-4-14-39(35)48(45)34-22-20-31(21-23-34)37-28-36-25-24-33-12-9-19-44-42-17-7-5-15-40(42)41-16-6-8-18-43(41)47(30-37)50(36)49(33)44/h1-30H. The predicted octanol–water partition coefficient (Wildman–Crippen LogP) is 14.2. The summed E-state index contributed by atoms with van der Waals surface area (Å²) >= 11 is 0. The lowest BCUT2D eigenvalue weighted by Crippen LogP contribution is -1.89. The van der Waals surface area contributed by atoms with Crippen molar-refractivity contribution in [3.05, 3.63) is 182 Å². The summed E-state index contributed by atoms with van der Waals surface area (Å²) in [7, 11) is 0. The van der Waals surface area contributed by atoms with Crippen molar-refractivity contribution in [3.8, 4) is 22.3 Å². The van der Waals surface area contributed by atoms with Gasteiger partial charge in [-0.1, -0.05) is 164 Å². The third-order valence-electron chi connectivity index (χ3n) is 11.0. The van der Waals surface area contributed by atoms with E-state index in [1.54, 1.807) is 0 Å². The summed E-state index contributed by atoms with van der Waals surface area (Å²) in [5, 5.41) is 20.6. The zero-order chi connectivity index (χ0) is 32.8. The Bertz CT molecular complexity index is 3180. The highest BCUT2D eigenvalue weighted by molar-refractivity contribution is 6.33. The summed E-state index contributed by atoms with van der Waals surface area (Å²) in [5.74, 6) is 0. The number of rotatable bonds is 2. The molecule has 0 bridgehead atoms. The van der Waals surface area contributed by atoms with Crippen molar-refractivity contribution in [3.63, 3.8) is 0 Å². The van der Waals surface area contributed by atoms with Crippen molar-refractivity contribution < 1.29 is 0 Å². The Morgan fingerprint density at radius 3 is 1.48 bits per heavy atom. The van der Waals surface area contributed by atoms with E-state index in [4.69, 9.17) is 0 Å². The second-order valence-corrected chi connectivity index (χ2v) is 13.6. The molecule has 0 spiro atoms. The van der Waals surface area contributed by atoms with Crippen LogP contribution < -0.4 is 0 Å². The van der Waals surface area contributed by atoms with Gasteiger partial charge in [0.25, 0.3) is 0 Å². The minimum atomic E-state index is 1.22. The number of hydrogen-bond donors (Lipinski definition) is 0. The Labute approximate surface area is 289 Å². The first kappa shape index (κ1) is 27.5. The fraction of sp³-hybridized carbons (Fsp3) is 0. The fourth-order valence-corrected chi connectivity index (χ4v) is 8.71. The second kappa shape index (κ2) is 10.5. The number of hydrogen-bond acceptors (Lipinski definition) is 0. The molecule has 230 valence electrons. The van der Waals surface area contributed by atoms with Gasteiger partial charge in [0.1, 0.15) is 0 Å². The molecule has 0 fully saturated rings. The Hall–Kier alpha value is -6.50. The molecule has 0 aromatic heterocycles. The van der Waals surface area contributed by atoms with Crippen LogP contribution in [0.1, 0.15) is 0 Å². The zero-order valence-corrected chi connectivity index (χ0v) is 27.3. The predicted molar refractivity (Wildman–Crippen MR) is 217 cm³/mol. The van der Waals surface area contributed by atoms with Crippen molar-refractivity contribution in [2.45, 2.75) is 0 Å². The third kappa shape index (κ3) is 3.94. The molecule has 0 radical (unpaired) electrons. The first-order valence-corrected chi connectivity index (χ1v) is 17.4. The molecule has 11 rings (SSSR count). The van der Waals surface area contributed by atoms with E-state index in [9.17, 15) is 0 Å². The average molecular weight is 631 g/mol. The molecule has 0 amide bonds. The van der Waals surface area contributed by atoms with Crippen LogP contribution in [0.4, 0.5) is 0 Å². The van der Waals surface area contributed by atoms with Crippen LogP contribution in [0.3, 0.4) is 0 Å². The maximum absolute atomic E-state index is 2.43. The molecular weight excluding hydrogens is 601 g/mol. The van der Waals surface area contributed by atoms with E-state index in [1.807, 2.05) is 0 Å². The maximum Gasteiger partial charge on any atom is -0.00199 e. The molecule has 0 heteroatoms. The molecule has 0 aliphatic carbocycles. The van der Waals surface area contributed by atoms with Crippen molar-refractivity contribution in [2.24, 2.45) is 0 Å². The SMILES string of the molecule is c1ccc2c(-c3ccc(-c4cc5ccc6cccc7c8ccccc8c8ccccc8c(c4)c5c67)cc3)c3ccc4ccccc4c3cc2c1. The van der Waals surface area contributed by atoms with Crippen molar-refractivity contribution in [1.29, 1.82) is 0 Å². The van der Waals surface area contributed by atoms with Crippen LogP contribution in [-0.2, 0) is 0 Å². The Morgan fingerprint density at radius 1 is 0.200 bits per heavy atom. The summed E-state index contributed by atoms with van der Waals surface area (Å²) in [6.45, 7) is 0. The molecule has 0 saturated heterocycles. The van der Waals surface area contributed by atoms with Crippen LogP contribution in [0, 0.1) is 0 Å². The van der Waals surface area contributed by atoms with E-state index in [2.05, 4.69) is 182 Å². The summed E-state index contributed by atoms with van der Waals surface area (Å²) in [6, 6.07) is 67.7. The molecule has 0 saturated carbocycles. The Morgan fingerprint density at radius 2 is 0.720 bits per heavy atom. The molecule has 11 aromatic carbocycles. The third-order valence-corrected chi connectivity index (χ3v) is 11.0. The van der Waals surface area contributed by atoms with E-state index < -0.39 is 0 Å². The van der Waals surface area contributed by atoms with E-state index in [0.29, 0.717) is 0 Å². The smallest absolute Gasteiger partial charge is 0.00199 e. The minimum Gasteiger partial charge on any atom is -0.0616 e. The molecule has 0 aliphatic heterocycles. The zero-order valence-electron chi connectivity index (χ0n) is 27.3. The van der Waals surface area contributed by atoms with E-state index in [-0.39, 0.29) is 0 Å². The fourth-order valence-electron chi connectivity index (χ4n) is 8.71. The van der Waals surface area contributed by atoms with Crippen LogP contribution in [-0.4, -0.2) is 0 Å². The van der Waals surface area contributed by atoms with Crippen LogP contribution in [0.5, 0.6) is 0 Å². The van der Waals surface area contributed by atoms with Gasteiger partial charge in [0.2, 0.25) is 0 Å². The van der Waals surface area contributed by atoms with Crippen LogP contribution in [0.2, 0.25) is 0 Å². The van der Waals surface area contributed by atoms with E-state index in [0.717, 1.165) is 0 Å². The van der Waals surface area contributed by atoms with Gasteiger partial charge >= 0.3 is 0 Å². The highest BCUT2D eigenvalue weighted by Crippen LogP contribution is 2.43.